The summed E-state index contributed by atoms with van der Waals surface area (Å²) in [5, 5.41) is 2.75. The van der Waals surface area contributed by atoms with Crippen LogP contribution in [0.3, 0.4) is 0 Å². The molecule has 2 rings (SSSR count). The highest BCUT2D eigenvalue weighted by molar-refractivity contribution is 6.11. The van der Waals surface area contributed by atoms with Gasteiger partial charge >= 0.3 is 6.03 Å². The molecule has 1 N–H and O–H groups in total. The number of nitrogens with one attached hydrogen (secondary N) is 1. The largest absolute Gasteiger partial charge is 0.346 e. The zero-order chi connectivity index (χ0) is 18.2. The average molecular weight is 333 g/mol. The molecule has 0 atom stereocenters. The Morgan fingerprint density at radius 1 is 1.21 bits per heavy atom. The van der Waals surface area contributed by atoms with Crippen LogP contribution in [0.25, 0.3) is 0 Å². The van der Waals surface area contributed by atoms with E-state index in [1.54, 1.807) is 0 Å². The predicted molar refractivity (Wildman–Crippen MR) is 92.2 cm³/mol. The van der Waals surface area contributed by atoms with Crippen molar-refractivity contribution in [3.63, 3.8) is 0 Å². The first kappa shape index (κ1) is 18.2. The molecule has 0 aliphatic carbocycles. The SMILES string of the molecule is CCC1(CC)NC(=O)N(CC(=O)c2cc(C)n(C(C)C)c2C)C1=O. The molecule has 0 spiro atoms. The van der Waals surface area contributed by atoms with Gasteiger partial charge in [0.15, 0.2) is 5.78 Å². The van der Waals surface area contributed by atoms with E-state index in [9.17, 15) is 14.4 Å². The van der Waals surface area contributed by atoms with Gasteiger partial charge in [-0.3, -0.25) is 14.5 Å². The minimum absolute atomic E-state index is 0.207. The lowest BCUT2D eigenvalue weighted by Gasteiger charge is -2.23. The molecule has 1 aliphatic rings. The summed E-state index contributed by atoms with van der Waals surface area (Å²) in [4.78, 5) is 38.6. The van der Waals surface area contributed by atoms with Crippen molar-refractivity contribution in [1.82, 2.24) is 14.8 Å². The summed E-state index contributed by atoms with van der Waals surface area (Å²) in [6, 6.07) is 1.61. The van der Waals surface area contributed by atoms with Crippen molar-refractivity contribution >= 4 is 17.7 Å². The van der Waals surface area contributed by atoms with E-state index in [-0.39, 0.29) is 24.3 Å². The number of urea groups is 1. The van der Waals surface area contributed by atoms with Gasteiger partial charge in [0.25, 0.3) is 5.91 Å². The lowest BCUT2D eigenvalue weighted by Crippen LogP contribution is -2.46. The number of rotatable bonds is 6. The van der Waals surface area contributed by atoms with Crippen LogP contribution in [0, 0.1) is 13.8 Å². The molecule has 1 aromatic heterocycles. The maximum atomic E-state index is 12.7. The zero-order valence-electron chi connectivity index (χ0n) is 15.4. The van der Waals surface area contributed by atoms with Gasteiger partial charge in [-0.15, -0.1) is 0 Å². The predicted octanol–water partition coefficient (Wildman–Crippen LogP) is 2.98. The average Bonchev–Trinajstić information content (AvgIpc) is 2.95. The third-order valence-corrected chi connectivity index (χ3v) is 5.06. The Balaban J connectivity index is 2.26. The van der Waals surface area contributed by atoms with Gasteiger partial charge in [-0.05, 0) is 46.6 Å². The minimum atomic E-state index is -0.869. The summed E-state index contributed by atoms with van der Waals surface area (Å²) in [7, 11) is 0. The summed E-state index contributed by atoms with van der Waals surface area (Å²) in [5.74, 6) is -0.509. The number of hydrogen-bond donors (Lipinski definition) is 1. The van der Waals surface area contributed by atoms with Crippen LogP contribution in [0.5, 0.6) is 0 Å². The monoisotopic (exact) mass is 333 g/mol. The van der Waals surface area contributed by atoms with Crippen LogP contribution in [0.2, 0.25) is 0 Å². The Bertz CT molecular complexity index is 684. The maximum Gasteiger partial charge on any atom is 0.325 e. The second kappa shape index (κ2) is 6.42. The zero-order valence-corrected chi connectivity index (χ0v) is 15.4. The van der Waals surface area contributed by atoms with Crippen LogP contribution in [-0.2, 0) is 4.79 Å². The molecule has 0 unspecified atom stereocenters. The summed E-state index contributed by atoms with van der Waals surface area (Å²) in [6.45, 7) is 11.5. The number of carbonyl (C=O) groups excluding carboxylic acids is 3. The molecular formula is C18H27N3O3. The van der Waals surface area contributed by atoms with Crippen LogP contribution in [0.15, 0.2) is 6.07 Å². The molecule has 2 heterocycles. The molecule has 1 aliphatic heterocycles. The fourth-order valence-corrected chi connectivity index (χ4v) is 3.63. The molecule has 132 valence electrons. The number of carbonyl (C=O) groups is 3. The molecule has 0 radical (unpaired) electrons. The standard InChI is InChI=1S/C18H27N3O3/c1-7-18(8-2)16(23)20(17(24)19-18)10-15(22)14-9-12(5)21(11(3)4)13(14)6/h9,11H,7-8,10H2,1-6H3,(H,19,24). The van der Waals surface area contributed by atoms with E-state index in [0.717, 1.165) is 16.3 Å². The van der Waals surface area contributed by atoms with Gasteiger partial charge in [-0.1, -0.05) is 13.8 Å². The van der Waals surface area contributed by atoms with Crippen LogP contribution in [0.4, 0.5) is 4.79 Å². The van der Waals surface area contributed by atoms with Crippen molar-refractivity contribution in [2.45, 2.75) is 66.0 Å². The molecule has 1 fully saturated rings. The second-order valence-electron chi connectivity index (χ2n) is 6.78. The molecule has 0 bridgehead atoms. The van der Waals surface area contributed by atoms with Gasteiger partial charge in [-0.2, -0.15) is 0 Å². The summed E-state index contributed by atoms with van der Waals surface area (Å²) in [5.41, 5.74) is 1.58. The number of Topliss-reactive ketones (excluding diaryl/α,β-unsaturated/α-hetero) is 1. The molecule has 1 aromatic rings. The van der Waals surface area contributed by atoms with Crippen molar-refractivity contribution in [1.29, 1.82) is 0 Å². The number of aromatic nitrogens is 1. The van der Waals surface area contributed by atoms with E-state index in [1.807, 2.05) is 33.8 Å². The minimum Gasteiger partial charge on any atom is -0.346 e. The first-order valence-electron chi connectivity index (χ1n) is 8.54. The van der Waals surface area contributed by atoms with Gasteiger partial charge in [0.05, 0.1) is 6.54 Å². The molecule has 6 nitrogen and oxygen atoms in total. The fourth-order valence-electron chi connectivity index (χ4n) is 3.63. The summed E-state index contributed by atoms with van der Waals surface area (Å²) < 4.78 is 2.08. The van der Waals surface area contributed by atoms with E-state index >= 15 is 0 Å². The van der Waals surface area contributed by atoms with E-state index in [2.05, 4.69) is 23.7 Å². The lowest BCUT2D eigenvalue weighted by atomic mass is 9.93. The Morgan fingerprint density at radius 3 is 2.21 bits per heavy atom. The highest BCUT2D eigenvalue weighted by atomic mass is 16.2. The number of ketones is 1. The molecule has 6 heteroatoms. The number of hydrogen-bond acceptors (Lipinski definition) is 3. The van der Waals surface area contributed by atoms with Crippen LogP contribution >= 0.6 is 0 Å². The van der Waals surface area contributed by atoms with Gasteiger partial charge in [0, 0.05) is 23.0 Å². The molecule has 24 heavy (non-hydrogen) atoms. The van der Waals surface area contributed by atoms with Gasteiger partial charge in [0.2, 0.25) is 0 Å². The van der Waals surface area contributed by atoms with Crippen LogP contribution < -0.4 is 5.32 Å². The quantitative estimate of drug-likeness (QED) is 0.642. The van der Waals surface area contributed by atoms with Crippen molar-refractivity contribution < 1.29 is 14.4 Å². The third-order valence-electron chi connectivity index (χ3n) is 5.06. The van der Waals surface area contributed by atoms with Gasteiger partial charge in [-0.25, -0.2) is 4.79 Å². The molecule has 3 amide bonds. The van der Waals surface area contributed by atoms with Crippen molar-refractivity contribution in [3.8, 4) is 0 Å². The van der Waals surface area contributed by atoms with Gasteiger partial charge < -0.3 is 9.88 Å². The summed E-state index contributed by atoms with van der Waals surface area (Å²) >= 11 is 0. The van der Waals surface area contributed by atoms with E-state index in [4.69, 9.17) is 0 Å². The van der Waals surface area contributed by atoms with Crippen molar-refractivity contribution in [3.05, 3.63) is 23.0 Å². The Morgan fingerprint density at radius 2 is 1.79 bits per heavy atom. The smallest absolute Gasteiger partial charge is 0.325 e. The molecule has 1 saturated heterocycles. The van der Waals surface area contributed by atoms with E-state index in [0.29, 0.717) is 18.4 Å². The Labute approximate surface area is 143 Å². The topological polar surface area (TPSA) is 71.4 Å². The molecular weight excluding hydrogens is 306 g/mol. The lowest BCUT2D eigenvalue weighted by molar-refractivity contribution is -0.131. The highest BCUT2D eigenvalue weighted by Gasteiger charge is 2.49. The van der Waals surface area contributed by atoms with E-state index < -0.39 is 11.6 Å². The maximum absolute atomic E-state index is 12.7. The van der Waals surface area contributed by atoms with Crippen LogP contribution in [-0.4, -0.2) is 39.3 Å². The van der Waals surface area contributed by atoms with Crippen LogP contribution in [0.1, 0.15) is 68.3 Å². The fraction of sp³-hybridized carbons (Fsp3) is 0.611. The normalized spacial score (nSPS) is 16.9. The molecule has 0 aromatic carbocycles. The number of imide groups is 1. The Kier molecular flexibility index (Phi) is 4.87. The highest BCUT2D eigenvalue weighted by Crippen LogP contribution is 2.26. The molecule has 0 saturated carbocycles. The second-order valence-corrected chi connectivity index (χ2v) is 6.78. The van der Waals surface area contributed by atoms with E-state index in [1.165, 1.54) is 0 Å². The first-order valence-corrected chi connectivity index (χ1v) is 8.54. The third kappa shape index (κ3) is 2.74. The van der Waals surface area contributed by atoms with Crippen molar-refractivity contribution in [2.75, 3.05) is 6.54 Å². The van der Waals surface area contributed by atoms with Crippen molar-refractivity contribution in [2.24, 2.45) is 0 Å². The van der Waals surface area contributed by atoms with Gasteiger partial charge in [0.1, 0.15) is 5.54 Å². The summed E-state index contributed by atoms with van der Waals surface area (Å²) in [6.07, 6.45) is 1.03. The number of aryl methyl sites for hydroxylation is 1. The number of nitrogens with zero attached hydrogens (tertiary/aromatic N) is 2. The Hall–Kier alpha value is -2.11. The first-order chi connectivity index (χ1) is 11.2. The number of amides is 3.